The lowest BCUT2D eigenvalue weighted by Gasteiger charge is -2.23. The van der Waals surface area contributed by atoms with Crippen molar-refractivity contribution in [2.24, 2.45) is 0 Å². The molecule has 2 atom stereocenters. The summed E-state index contributed by atoms with van der Waals surface area (Å²) in [5, 5.41) is 8.88. The van der Waals surface area contributed by atoms with Crippen molar-refractivity contribution in [3.8, 4) is 0 Å². The van der Waals surface area contributed by atoms with Crippen molar-refractivity contribution >= 4 is 29.0 Å². The molecule has 0 saturated heterocycles. The number of carbonyl (C=O) groups excluding carboxylic acids is 2. The van der Waals surface area contributed by atoms with Crippen molar-refractivity contribution in [3.05, 3.63) is 81.8 Å². The molecule has 0 aliphatic heterocycles. The lowest BCUT2D eigenvalue weighted by atomic mass is 9.87. The van der Waals surface area contributed by atoms with Gasteiger partial charge in [0.25, 0.3) is 0 Å². The fourth-order valence-corrected chi connectivity index (χ4v) is 5.62. The second-order valence-electron chi connectivity index (χ2n) is 9.33. The minimum absolute atomic E-state index is 0.279. The van der Waals surface area contributed by atoms with Gasteiger partial charge in [-0.3, -0.25) is 4.79 Å². The number of hydrogen-bond acceptors (Lipinski definition) is 6. The van der Waals surface area contributed by atoms with Gasteiger partial charge in [0.2, 0.25) is 5.91 Å². The van der Waals surface area contributed by atoms with Gasteiger partial charge in [-0.1, -0.05) is 61.7 Å². The highest BCUT2D eigenvalue weighted by Gasteiger charge is 2.27. The molecule has 1 aliphatic carbocycles. The molecule has 1 aliphatic rings. The number of alkyl carbamates (subject to hydrolysis) is 1. The second kappa shape index (κ2) is 12.5. The second-order valence-corrected chi connectivity index (χ2v) is 10.2. The monoisotopic (exact) mass is 506 g/mol. The van der Waals surface area contributed by atoms with Gasteiger partial charge in [-0.2, -0.15) is 0 Å². The predicted octanol–water partition coefficient (Wildman–Crippen LogP) is 5.14. The molecule has 36 heavy (non-hydrogen) atoms. The van der Waals surface area contributed by atoms with Crippen LogP contribution in [-0.2, 0) is 22.4 Å². The Labute approximate surface area is 216 Å². The molecule has 1 saturated carbocycles. The Balaban J connectivity index is 1.56. The standard InChI is InChI=1S/C28H34N4O3S/c1-35-28(34)32-23(16-19-8-4-2-5-9-19)26(33)30-24(17-20-12-14-22(29)15-13-20)27-31-25(18-36-27)21-10-6-3-7-11-21/h2,4-5,8-9,12-15,18,21,23-24H,3,6-7,10-11,16-17,29H2,1H3,(H,30,33)(H,32,34). The summed E-state index contributed by atoms with van der Waals surface area (Å²) in [5.41, 5.74) is 9.68. The van der Waals surface area contributed by atoms with Crippen LogP contribution in [0.5, 0.6) is 0 Å². The molecule has 4 N–H and O–H groups in total. The van der Waals surface area contributed by atoms with E-state index >= 15 is 0 Å². The molecular weight excluding hydrogens is 472 g/mol. The lowest BCUT2D eigenvalue weighted by molar-refractivity contribution is -0.123. The number of rotatable bonds is 9. The molecule has 8 heteroatoms. The van der Waals surface area contributed by atoms with Crippen molar-refractivity contribution in [2.45, 2.75) is 62.9 Å². The number of nitrogen functional groups attached to an aromatic ring is 1. The molecular formula is C28H34N4O3S. The first-order valence-electron chi connectivity index (χ1n) is 12.5. The maximum atomic E-state index is 13.5. The molecule has 3 aromatic rings. The summed E-state index contributed by atoms with van der Waals surface area (Å²) in [6.45, 7) is 0. The van der Waals surface area contributed by atoms with Crippen LogP contribution in [0.15, 0.2) is 60.0 Å². The SMILES string of the molecule is COC(=O)NC(Cc1ccccc1)C(=O)NC(Cc1ccc(N)cc1)c1nc(C2CCCCC2)cs1. The van der Waals surface area contributed by atoms with Gasteiger partial charge in [-0.15, -0.1) is 11.3 Å². The van der Waals surface area contributed by atoms with Gasteiger partial charge >= 0.3 is 6.09 Å². The number of benzene rings is 2. The summed E-state index contributed by atoms with van der Waals surface area (Å²) in [5.74, 6) is 0.211. The normalized spacial score (nSPS) is 15.6. The third kappa shape index (κ3) is 7.07. The first kappa shape index (κ1) is 25.7. The number of thiazole rings is 1. The number of carbonyl (C=O) groups is 2. The number of nitrogens with one attached hydrogen (secondary N) is 2. The number of nitrogens with zero attached hydrogens (tertiary/aromatic N) is 1. The number of aromatic nitrogens is 1. The Morgan fingerprint density at radius 2 is 1.69 bits per heavy atom. The quantitative estimate of drug-likeness (QED) is 0.349. The fourth-order valence-electron chi connectivity index (χ4n) is 4.67. The maximum Gasteiger partial charge on any atom is 0.407 e. The Morgan fingerprint density at radius 3 is 2.39 bits per heavy atom. The van der Waals surface area contributed by atoms with E-state index in [1.165, 1.54) is 39.2 Å². The Morgan fingerprint density at radius 1 is 1.00 bits per heavy atom. The summed E-state index contributed by atoms with van der Waals surface area (Å²) in [4.78, 5) is 30.5. The summed E-state index contributed by atoms with van der Waals surface area (Å²) in [6, 6.07) is 16.2. The third-order valence-corrected chi connectivity index (χ3v) is 7.65. The molecule has 1 aromatic heterocycles. The van der Waals surface area contributed by atoms with Crippen LogP contribution >= 0.6 is 11.3 Å². The van der Waals surface area contributed by atoms with Crippen LogP contribution in [0.25, 0.3) is 0 Å². The van der Waals surface area contributed by atoms with E-state index in [1.807, 2.05) is 54.6 Å². The third-order valence-electron chi connectivity index (χ3n) is 6.67. The van der Waals surface area contributed by atoms with E-state index < -0.39 is 12.1 Å². The van der Waals surface area contributed by atoms with Crippen molar-refractivity contribution < 1.29 is 14.3 Å². The number of nitrogens with two attached hydrogens (primary N) is 1. The van der Waals surface area contributed by atoms with Gasteiger partial charge < -0.3 is 21.1 Å². The first-order valence-corrected chi connectivity index (χ1v) is 13.4. The summed E-state index contributed by atoms with van der Waals surface area (Å²) in [7, 11) is 1.29. The molecule has 0 bridgehead atoms. The van der Waals surface area contributed by atoms with E-state index in [0.717, 1.165) is 21.8 Å². The van der Waals surface area contributed by atoms with Gasteiger partial charge in [0.15, 0.2) is 0 Å². The average molecular weight is 507 g/mol. The van der Waals surface area contributed by atoms with Crippen molar-refractivity contribution in [2.75, 3.05) is 12.8 Å². The smallest absolute Gasteiger partial charge is 0.407 e. The topological polar surface area (TPSA) is 106 Å². The Bertz CT molecular complexity index is 1130. The van der Waals surface area contributed by atoms with Crippen LogP contribution in [0, 0.1) is 0 Å². The largest absolute Gasteiger partial charge is 0.453 e. The average Bonchev–Trinajstić information content (AvgIpc) is 3.40. The molecule has 190 valence electrons. The van der Waals surface area contributed by atoms with Crippen LogP contribution in [0.4, 0.5) is 10.5 Å². The highest BCUT2D eigenvalue weighted by Crippen LogP contribution is 2.34. The van der Waals surface area contributed by atoms with Gasteiger partial charge in [-0.05, 0) is 42.5 Å². The molecule has 2 unspecified atom stereocenters. The molecule has 1 heterocycles. The number of amides is 2. The molecule has 7 nitrogen and oxygen atoms in total. The van der Waals surface area contributed by atoms with Gasteiger partial charge in [0, 0.05) is 23.4 Å². The van der Waals surface area contributed by atoms with Crippen molar-refractivity contribution in [3.63, 3.8) is 0 Å². The number of anilines is 1. The van der Waals surface area contributed by atoms with E-state index in [-0.39, 0.29) is 11.9 Å². The van der Waals surface area contributed by atoms with Crippen molar-refractivity contribution in [1.29, 1.82) is 0 Å². The molecule has 0 spiro atoms. The minimum Gasteiger partial charge on any atom is -0.453 e. The molecule has 2 amide bonds. The zero-order valence-corrected chi connectivity index (χ0v) is 21.4. The highest BCUT2D eigenvalue weighted by molar-refractivity contribution is 7.09. The Hall–Kier alpha value is -3.39. The van der Waals surface area contributed by atoms with Crippen LogP contribution in [0.2, 0.25) is 0 Å². The van der Waals surface area contributed by atoms with E-state index in [1.54, 1.807) is 11.3 Å². The van der Waals surface area contributed by atoms with Crippen LogP contribution in [0.1, 0.15) is 65.9 Å². The van der Waals surface area contributed by atoms with Gasteiger partial charge in [0.05, 0.1) is 18.8 Å². The van der Waals surface area contributed by atoms with Gasteiger partial charge in [-0.25, -0.2) is 9.78 Å². The zero-order valence-electron chi connectivity index (χ0n) is 20.6. The van der Waals surface area contributed by atoms with E-state index in [0.29, 0.717) is 24.4 Å². The lowest BCUT2D eigenvalue weighted by Crippen LogP contribution is -2.49. The van der Waals surface area contributed by atoms with Crippen LogP contribution < -0.4 is 16.4 Å². The molecule has 4 rings (SSSR count). The maximum absolute atomic E-state index is 13.5. The number of methoxy groups -OCH3 is 1. The van der Waals surface area contributed by atoms with Gasteiger partial charge in [0.1, 0.15) is 11.0 Å². The summed E-state index contributed by atoms with van der Waals surface area (Å²) < 4.78 is 4.78. The first-order chi connectivity index (χ1) is 17.5. The molecule has 1 fully saturated rings. The van der Waals surface area contributed by atoms with E-state index in [2.05, 4.69) is 16.0 Å². The van der Waals surface area contributed by atoms with E-state index in [4.69, 9.17) is 15.5 Å². The predicted molar refractivity (Wildman–Crippen MR) is 143 cm³/mol. The van der Waals surface area contributed by atoms with Crippen LogP contribution in [-0.4, -0.2) is 30.1 Å². The number of ether oxygens (including phenoxy) is 1. The minimum atomic E-state index is -0.786. The molecule has 2 aromatic carbocycles. The zero-order chi connectivity index (χ0) is 25.3. The molecule has 0 radical (unpaired) electrons. The summed E-state index contributed by atoms with van der Waals surface area (Å²) >= 11 is 1.59. The Kier molecular flexibility index (Phi) is 8.95. The van der Waals surface area contributed by atoms with E-state index in [9.17, 15) is 9.59 Å². The van der Waals surface area contributed by atoms with Crippen LogP contribution in [0.3, 0.4) is 0 Å². The fraction of sp³-hybridized carbons (Fsp3) is 0.393. The van der Waals surface area contributed by atoms with Crippen molar-refractivity contribution in [1.82, 2.24) is 15.6 Å². The summed E-state index contributed by atoms with van der Waals surface area (Å²) in [6.07, 6.45) is 6.38. The highest BCUT2D eigenvalue weighted by atomic mass is 32.1. The number of hydrogen-bond donors (Lipinski definition) is 3.